The van der Waals surface area contributed by atoms with E-state index in [1.807, 2.05) is 20.8 Å². The van der Waals surface area contributed by atoms with Crippen LogP contribution in [0.5, 0.6) is 5.88 Å². The van der Waals surface area contributed by atoms with Gasteiger partial charge in [-0.25, -0.2) is 4.68 Å². The first-order valence-corrected chi connectivity index (χ1v) is 10.9. The van der Waals surface area contributed by atoms with Crippen LogP contribution in [0.4, 0.5) is 5.69 Å². The second-order valence-electron chi connectivity index (χ2n) is 9.46. The Morgan fingerprint density at radius 3 is 2.31 bits per heavy atom. The van der Waals surface area contributed by atoms with E-state index in [0.29, 0.717) is 18.7 Å². The summed E-state index contributed by atoms with van der Waals surface area (Å²) in [6.45, 7) is 12.2. The molecule has 0 radical (unpaired) electrons. The van der Waals surface area contributed by atoms with E-state index in [9.17, 15) is 18.3 Å². The van der Waals surface area contributed by atoms with Gasteiger partial charge in [0.15, 0.2) is 5.84 Å². The number of fused-ring (bicyclic) bond motifs is 1. The van der Waals surface area contributed by atoms with Crippen LogP contribution >= 0.6 is 0 Å². The highest BCUT2D eigenvalue weighted by Gasteiger charge is 2.33. The molecule has 2 aromatic rings. The van der Waals surface area contributed by atoms with Crippen LogP contribution in [0.2, 0.25) is 0 Å². The molecule has 3 rings (SSSR count). The summed E-state index contributed by atoms with van der Waals surface area (Å²) in [5.74, 6) is -0.464. The minimum atomic E-state index is -3.99. The van der Waals surface area contributed by atoms with Crippen LogP contribution in [0.1, 0.15) is 53.5 Å². The molecular formula is C20H28N4O4S. The van der Waals surface area contributed by atoms with Crippen molar-refractivity contribution >= 4 is 21.5 Å². The Kier molecular flexibility index (Phi) is 4.93. The molecule has 29 heavy (non-hydrogen) atoms. The minimum Gasteiger partial charge on any atom is -0.493 e. The first-order valence-electron chi connectivity index (χ1n) is 9.49. The molecule has 0 unspecified atom stereocenters. The lowest BCUT2D eigenvalue weighted by molar-refractivity contribution is 0.234. The number of aromatic nitrogens is 2. The van der Waals surface area contributed by atoms with Crippen molar-refractivity contribution in [3.8, 4) is 5.88 Å². The number of amidine groups is 1. The van der Waals surface area contributed by atoms with E-state index in [2.05, 4.69) is 30.5 Å². The Morgan fingerprint density at radius 1 is 1.10 bits per heavy atom. The lowest BCUT2D eigenvalue weighted by Crippen LogP contribution is -2.38. The van der Waals surface area contributed by atoms with Crippen LogP contribution in [0.25, 0.3) is 0 Å². The van der Waals surface area contributed by atoms with E-state index < -0.39 is 21.1 Å². The van der Waals surface area contributed by atoms with Gasteiger partial charge in [0.05, 0.1) is 11.2 Å². The van der Waals surface area contributed by atoms with Crippen LogP contribution in [-0.4, -0.2) is 28.7 Å². The molecule has 2 heterocycles. The van der Waals surface area contributed by atoms with E-state index in [1.165, 1.54) is 15.4 Å². The molecule has 2 N–H and O–H groups in total. The van der Waals surface area contributed by atoms with E-state index in [-0.39, 0.29) is 27.6 Å². The molecule has 0 saturated carbocycles. The Bertz CT molecular complexity index is 1140. The third-order valence-electron chi connectivity index (χ3n) is 4.69. The summed E-state index contributed by atoms with van der Waals surface area (Å²) in [6.07, 6.45) is 0.714. The second kappa shape index (κ2) is 6.76. The Balaban J connectivity index is 2.20. The van der Waals surface area contributed by atoms with Gasteiger partial charge in [-0.05, 0) is 44.7 Å². The maximum absolute atomic E-state index is 13.3. The molecule has 8 nitrogen and oxygen atoms in total. The highest BCUT2D eigenvalue weighted by atomic mass is 32.2. The SMILES string of the molecule is CC(C)(C)CCn1c(O)c(C2=NS(=O)(=O)c3ccccc3N2)c(=O)n1C(C)(C)C. The number of aromatic hydroxyl groups is 1. The van der Waals surface area contributed by atoms with E-state index >= 15 is 0 Å². The summed E-state index contributed by atoms with van der Waals surface area (Å²) >= 11 is 0. The van der Waals surface area contributed by atoms with Crippen molar-refractivity contribution < 1.29 is 13.5 Å². The van der Waals surface area contributed by atoms with Gasteiger partial charge in [-0.15, -0.1) is 4.40 Å². The van der Waals surface area contributed by atoms with Gasteiger partial charge in [-0.3, -0.25) is 9.48 Å². The number of hydrogen-bond acceptors (Lipinski definition) is 5. The fourth-order valence-corrected chi connectivity index (χ4v) is 4.40. The number of para-hydroxylation sites is 1. The minimum absolute atomic E-state index is 0.0154. The van der Waals surface area contributed by atoms with Gasteiger partial charge in [-0.1, -0.05) is 32.9 Å². The molecule has 0 spiro atoms. The smallest absolute Gasteiger partial charge is 0.286 e. The number of nitrogens with one attached hydrogen (secondary N) is 1. The monoisotopic (exact) mass is 420 g/mol. The van der Waals surface area contributed by atoms with Gasteiger partial charge in [0, 0.05) is 6.54 Å². The number of benzene rings is 1. The van der Waals surface area contributed by atoms with Crippen LogP contribution in [0.3, 0.4) is 0 Å². The Hall–Kier alpha value is -2.55. The zero-order chi connectivity index (χ0) is 21.8. The molecule has 0 saturated heterocycles. The topological polar surface area (TPSA) is 106 Å². The first-order chi connectivity index (χ1) is 13.2. The molecule has 9 heteroatoms. The molecule has 0 amide bonds. The van der Waals surface area contributed by atoms with Crippen molar-refractivity contribution in [1.29, 1.82) is 0 Å². The van der Waals surface area contributed by atoms with Crippen molar-refractivity contribution in [3.63, 3.8) is 0 Å². The van der Waals surface area contributed by atoms with Crippen molar-refractivity contribution in [2.24, 2.45) is 9.81 Å². The normalized spacial score (nSPS) is 16.1. The fraction of sp³-hybridized carbons (Fsp3) is 0.500. The van der Waals surface area contributed by atoms with Gasteiger partial charge in [-0.2, -0.15) is 8.42 Å². The number of anilines is 1. The van der Waals surface area contributed by atoms with Crippen molar-refractivity contribution in [3.05, 3.63) is 40.2 Å². The Labute approximate surface area is 170 Å². The van der Waals surface area contributed by atoms with E-state index in [0.717, 1.165) is 0 Å². The predicted octanol–water partition coefficient (Wildman–Crippen LogP) is 3.11. The van der Waals surface area contributed by atoms with Gasteiger partial charge < -0.3 is 10.4 Å². The molecule has 1 aromatic carbocycles. The molecular weight excluding hydrogens is 392 g/mol. The van der Waals surface area contributed by atoms with Gasteiger partial charge in [0.1, 0.15) is 10.5 Å². The average molecular weight is 421 g/mol. The van der Waals surface area contributed by atoms with Crippen LogP contribution in [0.15, 0.2) is 38.4 Å². The highest BCUT2D eigenvalue weighted by molar-refractivity contribution is 7.90. The Morgan fingerprint density at radius 2 is 1.72 bits per heavy atom. The third-order valence-corrected chi connectivity index (χ3v) is 6.03. The summed E-state index contributed by atoms with van der Waals surface area (Å²) in [7, 11) is -3.99. The molecule has 0 atom stereocenters. The summed E-state index contributed by atoms with van der Waals surface area (Å²) in [4.78, 5) is 13.3. The molecule has 1 aliphatic rings. The zero-order valence-electron chi connectivity index (χ0n) is 17.6. The van der Waals surface area contributed by atoms with Crippen molar-refractivity contribution in [2.75, 3.05) is 5.32 Å². The zero-order valence-corrected chi connectivity index (χ0v) is 18.5. The standard InChI is InChI=1S/C20H28N4O4S/c1-19(2,3)11-12-23-17(25)15(18(26)24(23)20(4,5)6)16-21-13-9-7-8-10-14(13)29(27,28)22-16/h7-10,25H,11-12H2,1-6H3,(H,21,22). The molecule has 0 aliphatic carbocycles. The maximum Gasteiger partial charge on any atom is 0.286 e. The number of nitrogens with zero attached hydrogens (tertiary/aromatic N) is 3. The summed E-state index contributed by atoms with van der Waals surface area (Å²) in [6, 6.07) is 6.33. The van der Waals surface area contributed by atoms with Crippen LogP contribution in [0, 0.1) is 5.41 Å². The number of sulfonamides is 1. The molecule has 158 valence electrons. The van der Waals surface area contributed by atoms with Gasteiger partial charge >= 0.3 is 0 Å². The van der Waals surface area contributed by atoms with E-state index in [1.54, 1.807) is 18.2 Å². The van der Waals surface area contributed by atoms with Gasteiger partial charge in [0.2, 0.25) is 5.88 Å². The average Bonchev–Trinajstić information content (AvgIpc) is 2.81. The summed E-state index contributed by atoms with van der Waals surface area (Å²) < 4.78 is 32.0. The van der Waals surface area contributed by atoms with Crippen LogP contribution in [-0.2, 0) is 22.1 Å². The molecule has 0 fully saturated rings. The second-order valence-corrected chi connectivity index (χ2v) is 11.0. The van der Waals surface area contributed by atoms with Crippen LogP contribution < -0.4 is 10.9 Å². The van der Waals surface area contributed by atoms with Crippen molar-refractivity contribution in [2.45, 2.75) is 64.9 Å². The molecule has 1 aliphatic heterocycles. The summed E-state index contributed by atoms with van der Waals surface area (Å²) in [5, 5.41) is 13.8. The number of rotatable bonds is 3. The van der Waals surface area contributed by atoms with Crippen molar-refractivity contribution in [1.82, 2.24) is 9.36 Å². The quantitative estimate of drug-likeness (QED) is 0.794. The lowest BCUT2D eigenvalue weighted by atomic mass is 9.92. The first kappa shape index (κ1) is 21.2. The summed E-state index contributed by atoms with van der Waals surface area (Å²) in [5.41, 5.74) is -0.965. The third kappa shape index (κ3) is 3.96. The number of hydrogen-bond donors (Lipinski definition) is 2. The van der Waals surface area contributed by atoms with E-state index in [4.69, 9.17) is 0 Å². The lowest BCUT2D eigenvalue weighted by Gasteiger charge is -2.26. The van der Waals surface area contributed by atoms with Gasteiger partial charge in [0.25, 0.3) is 15.6 Å². The molecule has 0 bridgehead atoms. The molecule has 1 aromatic heterocycles. The largest absolute Gasteiger partial charge is 0.493 e. The predicted molar refractivity (Wildman–Crippen MR) is 113 cm³/mol. The maximum atomic E-state index is 13.3. The highest BCUT2D eigenvalue weighted by Crippen LogP contribution is 2.31. The fourth-order valence-electron chi connectivity index (χ4n) is 3.28.